The average Bonchev–Trinajstić information content (AvgIpc) is 2.99. The van der Waals surface area contributed by atoms with Crippen molar-refractivity contribution in [3.05, 3.63) is 52.8 Å². The Balaban J connectivity index is 2.19. The van der Waals surface area contributed by atoms with Gasteiger partial charge in [0.2, 0.25) is 0 Å². The number of hydrogen-bond donors (Lipinski definition) is 0. The molecule has 2 aromatic heterocycles. The lowest BCUT2D eigenvalue weighted by atomic mass is 10.0. The Morgan fingerprint density at radius 2 is 1.90 bits per heavy atom. The zero-order valence-electron chi connectivity index (χ0n) is 11.2. The maximum atomic E-state index is 4.69. The number of aromatic nitrogens is 5. The largest absolute Gasteiger partial charge is 0.232 e. The second kappa shape index (κ2) is 4.60. The second-order valence-corrected chi connectivity index (χ2v) is 5.70. The van der Waals surface area contributed by atoms with Gasteiger partial charge >= 0.3 is 0 Å². The van der Waals surface area contributed by atoms with E-state index in [-0.39, 0.29) is 0 Å². The number of tetrazole rings is 1. The highest BCUT2D eigenvalue weighted by Crippen LogP contribution is 2.32. The molecule has 0 fully saturated rings. The molecule has 0 saturated carbocycles. The molecule has 21 heavy (non-hydrogen) atoms. The number of aryl methyl sites for hydroxylation is 1. The maximum absolute atomic E-state index is 4.69. The molecule has 5 nitrogen and oxygen atoms in total. The van der Waals surface area contributed by atoms with E-state index in [1.807, 2.05) is 31.2 Å². The summed E-state index contributed by atoms with van der Waals surface area (Å²) in [5, 5.41) is 12.8. The van der Waals surface area contributed by atoms with Gasteiger partial charge in [0, 0.05) is 15.4 Å². The molecule has 0 bridgehead atoms. The quantitative estimate of drug-likeness (QED) is 0.533. The SMILES string of the molecule is Cc1nc2c(-c3ccccc3)cc(Br)cc2c2nnnn12. The Labute approximate surface area is 128 Å². The van der Waals surface area contributed by atoms with E-state index >= 15 is 0 Å². The summed E-state index contributed by atoms with van der Waals surface area (Å²) < 4.78 is 2.63. The smallest absolute Gasteiger partial charge is 0.190 e. The topological polar surface area (TPSA) is 56.0 Å². The first kappa shape index (κ1) is 12.4. The van der Waals surface area contributed by atoms with Crippen LogP contribution in [0.15, 0.2) is 46.9 Å². The predicted molar refractivity (Wildman–Crippen MR) is 84.0 cm³/mol. The molecule has 102 valence electrons. The molecular weight excluding hydrogens is 330 g/mol. The van der Waals surface area contributed by atoms with Crippen LogP contribution in [0.1, 0.15) is 5.82 Å². The molecule has 0 saturated heterocycles. The molecule has 0 amide bonds. The molecule has 0 aliphatic rings. The van der Waals surface area contributed by atoms with E-state index in [0.717, 1.165) is 38.0 Å². The molecule has 6 heteroatoms. The Hall–Kier alpha value is -2.34. The van der Waals surface area contributed by atoms with E-state index in [2.05, 4.69) is 49.7 Å². The van der Waals surface area contributed by atoms with Crippen LogP contribution in [0.5, 0.6) is 0 Å². The summed E-state index contributed by atoms with van der Waals surface area (Å²) in [4.78, 5) is 4.69. The minimum Gasteiger partial charge on any atom is -0.232 e. The first-order valence-electron chi connectivity index (χ1n) is 6.47. The summed E-state index contributed by atoms with van der Waals surface area (Å²) in [7, 11) is 0. The molecule has 4 rings (SSSR count). The molecular formula is C15H10BrN5. The number of benzene rings is 2. The molecule has 0 atom stereocenters. The van der Waals surface area contributed by atoms with Crippen molar-refractivity contribution in [1.82, 2.24) is 25.0 Å². The van der Waals surface area contributed by atoms with Crippen LogP contribution in [0, 0.1) is 6.92 Å². The van der Waals surface area contributed by atoms with E-state index in [1.165, 1.54) is 0 Å². The van der Waals surface area contributed by atoms with Gasteiger partial charge < -0.3 is 0 Å². The standard InChI is InChI=1S/C15H10BrN5/c1-9-17-14-12(10-5-3-2-4-6-10)7-11(16)8-13(14)15-18-19-20-21(9)15/h2-8H,1H3. The van der Waals surface area contributed by atoms with Crippen molar-refractivity contribution >= 4 is 32.5 Å². The Morgan fingerprint density at radius 1 is 1.10 bits per heavy atom. The van der Waals surface area contributed by atoms with Crippen LogP contribution in [0.4, 0.5) is 0 Å². The summed E-state index contributed by atoms with van der Waals surface area (Å²) in [5.74, 6) is 0.766. The lowest BCUT2D eigenvalue weighted by Gasteiger charge is -2.09. The van der Waals surface area contributed by atoms with Crippen LogP contribution in [-0.4, -0.2) is 25.0 Å². The fourth-order valence-corrected chi connectivity index (χ4v) is 2.97. The summed E-state index contributed by atoms with van der Waals surface area (Å²) in [6.07, 6.45) is 0. The minimum absolute atomic E-state index is 0.719. The number of fused-ring (bicyclic) bond motifs is 3. The summed E-state index contributed by atoms with van der Waals surface area (Å²) in [6.45, 7) is 1.90. The first-order chi connectivity index (χ1) is 10.2. The summed E-state index contributed by atoms with van der Waals surface area (Å²) in [5.41, 5.74) is 3.81. The number of hydrogen-bond acceptors (Lipinski definition) is 4. The Morgan fingerprint density at radius 3 is 2.71 bits per heavy atom. The molecule has 4 aromatic rings. The van der Waals surface area contributed by atoms with Gasteiger partial charge in [-0.1, -0.05) is 46.3 Å². The van der Waals surface area contributed by atoms with E-state index in [9.17, 15) is 0 Å². The van der Waals surface area contributed by atoms with Crippen molar-refractivity contribution in [1.29, 1.82) is 0 Å². The molecule has 0 aliphatic carbocycles. The van der Waals surface area contributed by atoms with Crippen LogP contribution < -0.4 is 0 Å². The van der Waals surface area contributed by atoms with Crippen LogP contribution in [0.3, 0.4) is 0 Å². The van der Waals surface area contributed by atoms with E-state index in [1.54, 1.807) is 4.52 Å². The number of nitrogens with zero attached hydrogens (tertiary/aromatic N) is 5. The van der Waals surface area contributed by atoms with Gasteiger partial charge in [-0.2, -0.15) is 4.52 Å². The van der Waals surface area contributed by atoms with Gasteiger partial charge in [-0.05, 0) is 35.0 Å². The molecule has 0 unspecified atom stereocenters. The van der Waals surface area contributed by atoms with Crippen molar-refractivity contribution in [2.24, 2.45) is 0 Å². The fourth-order valence-electron chi connectivity index (χ4n) is 2.51. The third kappa shape index (κ3) is 1.91. The van der Waals surface area contributed by atoms with Crippen LogP contribution >= 0.6 is 15.9 Å². The molecule has 0 radical (unpaired) electrons. The van der Waals surface area contributed by atoms with Crippen molar-refractivity contribution in [3.63, 3.8) is 0 Å². The molecule has 0 spiro atoms. The lowest BCUT2D eigenvalue weighted by molar-refractivity contribution is 0.786. The van der Waals surface area contributed by atoms with Gasteiger partial charge in [-0.3, -0.25) is 0 Å². The number of halogens is 1. The van der Waals surface area contributed by atoms with Crippen LogP contribution in [0.25, 0.3) is 27.7 Å². The van der Waals surface area contributed by atoms with Crippen molar-refractivity contribution in [2.45, 2.75) is 6.92 Å². The van der Waals surface area contributed by atoms with Gasteiger partial charge in [-0.15, -0.1) is 5.10 Å². The monoisotopic (exact) mass is 339 g/mol. The van der Waals surface area contributed by atoms with Gasteiger partial charge in [0.25, 0.3) is 0 Å². The average molecular weight is 340 g/mol. The highest BCUT2D eigenvalue weighted by atomic mass is 79.9. The predicted octanol–water partition coefficient (Wildman–Crippen LogP) is 3.41. The van der Waals surface area contributed by atoms with E-state index < -0.39 is 0 Å². The normalized spacial score (nSPS) is 11.3. The fraction of sp³-hybridized carbons (Fsp3) is 0.0667. The number of rotatable bonds is 1. The molecule has 2 heterocycles. The highest BCUT2D eigenvalue weighted by Gasteiger charge is 2.13. The zero-order valence-corrected chi connectivity index (χ0v) is 12.7. The van der Waals surface area contributed by atoms with Gasteiger partial charge in [0.15, 0.2) is 5.65 Å². The zero-order chi connectivity index (χ0) is 14.4. The van der Waals surface area contributed by atoms with Gasteiger partial charge in [-0.25, -0.2) is 4.98 Å². The minimum atomic E-state index is 0.719. The summed E-state index contributed by atoms with van der Waals surface area (Å²) >= 11 is 3.57. The van der Waals surface area contributed by atoms with Gasteiger partial charge in [0.1, 0.15) is 5.82 Å². The van der Waals surface area contributed by atoms with Crippen LogP contribution in [-0.2, 0) is 0 Å². The van der Waals surface area contributed by atoms with Crippen molar-refractivity contribution in [2.75, 3.05) is 0 Å². The lowest BCUT2D eigenvalue weighted by Crippen LogP contribution is -1.99. The maximum Gasteiger partial charge on any atom is 0.190 e. The Bertz CT molecular complexity index is 962. The second-order valence-electron chi connectivity index (χ2n) is 4.79. The molecule has 2 aromatic carbocycles. The van der Waals surface area contributed by atoms with Crippen molar-refractivity contribution < 1.29 is 0 Å². The Kier molecular flexibility index (Phi) is 2.71. The van der Waals surface area contributed by atoms with E-state index in [0.29, 0.717) is 0 Å². The van der Waals surface area contributed by atoms with Gasteiger partial charge in [0.05, 0.1) is 5.52 Å². The first-order valence-corrected chi connectivity index (χ1v) is 7.27. The highest BCUT2D eigenvalue weighted by molar-refractivity contribution is 9.10. The third-order valence-corrected chi connectivity index (χ3v) is 3.91. The summed E-state index contributed by atoms with van der Waals surface area (Å²) in [6, 6.07) is 14.3. The van der Waals surface area contributed by atoms with Crippen LogP contribution in [0.2, 0.25) is 0 Å². The van der Waals surface area contributed by atoms with E-state index in [4.69, 9.17) is 4.98 Å². The molecule has 0 aliphatic heterocycles. The molecule has 0 N–H and O–H groups in total. The third-order valence-electron chi connectivity index (χ3n) is 3.45. The van der Waals surface area contributed by atoms with Crippen molar-refractivity contribution in [3.8, 4) is 11.1 Å².